The number of nitrogens with zero attached hydrogens (tertiary/aromatic N) is 1. The minimum Gasteiger partial charge on any atom is -0.452 e. The zero-order valence-corrected chi connectivity index (χ0v) is 15.9. The largest absolute Gasteiger partial charge is 0.452 e. The summed E-state index contributed by atoms with van der Waals surface area (Å²) in [5.41, 5.74) is 0.855. The second kappa shape index (κ2) is 8.98. The summed E-state index contributed by atoms with van der Waals surface area (Å²) in [5.74, 6) is -0.698. The van der Waals surface area contributed by atoms with Gasteiger partial charge in [0.05, 0.1) is 11.5 Å². The lowest BCUT2D eigenvalue weighted by molar-refractivity contribution is -0.149. The molecule has 6 nitrogen and oxygen atoms in total. The first-order valence-electron chi connectivity index (χ1n) is 8.66. The summed E-state index contributed by atoms with van der Waals surface area (Å²) in [7, 11) is -3.09. The van der Waals surface area contributed by atoms with Gasteiger partial charge in [-0.05, 0) is 24.0 Å². The fourth-order valence-electron chi connectivity index (χ4n) is 2.86. The van der Waals surface area contributed by atoms with Gasteiger partial charge in [0.1, 0.15) is 0 Å². The molecule has 26 heavy (non-hydrogen) atoms. The molecular formula is C19H25NO5S. The van der Waals surface area contributed by atoms with Crippen LogP contribution in [-0.4, -0.2) is 55.9 Å². The van der Waals surface area contributed by atoms with Gasteiger partial charge in [-0.25, -0.2) is 13.2 Å². The molecule has 1 heterocycles. The Kier molecular flexibility index (Phi) is 6.97. The van der Waals surface area contributed by atoms with E-state index >= 15 is 0 Å². The Balaban J connectivity index is 1.92. The van der Waals surface area contributed by atoms with E-state index in [4.69, 9.17) is 4.74 Å². The normalized spacial score (nSPS) is 19.0. The Bertz CT molecular complexity index is 755. The highest BCUT2D eigenvalue weighted by molar-refractivity contribution is 7.91. The minimum atomic E-state index is -3.09. The third kappa shape index (κ3) is 6.29. The van der Waals surface area contributed by atoms with Crippen molar-refractivity contribution in [2.45, 2.75) is 26.3 Å². The van der Waals surface area contributed by atoms with Gasteiger partial charge in [-0.3, -0.25) is 4.79 Å². The molecule has 1 fully saturated rings. The molecule has 1 atom stereocenters. The average Bonchev–Trinajstić information content (AvgIpc) is 2.96. The van der Waals surface area contributed by atoms with Gasteiger partial charge in [-0.15, -0.1) is 0 Å². The number of rotatable bonds is 7. The van der Waals surface area contributed by atoms with Crippen LogP contribution in [0.3, 0.4) is 0 Å². The summed E-state index contributed by atoms with van der Waals surface area (Å²) in [4.78, 5) is 25.8. The van der Waals surface area contributed by atoms with Crippen LogP contribution in [0.1, 0.15) is 25.8 Å². The van der Waals surface area contributed by atoms with Crippen molar-refractivity contribution in [2.75, 3.05) is 24.7 Å². The number of benzene rings is 1. The molecule has 1 aromatic carbocycles. The van der Waals surface area contributed by atoms with Gasteiger partial charge in [0.2, 0.25) is 0 Å². The van der Waals surface area contributed by atoms with Crippen LogP contribution in [0.4, 0.5) is 0 Å². The van der Waals surface area contributed by atoms with Crippen molar-refractivity contribution in [3.8, 4) is 0 Å². The van der Waals surface area contributed by atoms with Crippen LogP contribution in [0.15, 0.2) is 36.4 Å². The second-order valence-corrected chi connectivity index (χ2v) is 9.08. The van der Waals surface area contributed by atoms with Crippen LogP contribution in [-0.2, 0) is 24.2 Å². The fourth-order valence-corrected chi connectivity index (χ4v) is 4.59. The lowest BCUT2D eigenvalue weighted by Gasteiger charge is -2.29. The molecule has 142 valence electrons. The van der Waals surface area contributed by atoms with Crippen LogP contribution >= 0.6 is 0 Å². The zero-order valence-electron chi connectivity index (χ0n) is 15.1. The number of carbonyl (C=O) groups is 2. The predicted molar refractivity (Wildman–Crippen MR) is 100 cm³/mol. The maximum atomic E-state index is 12.5. The van der Waals surface area contributed by atoms with Crippen molar-refractivity contribution >= 4 is 27.8 Å². The molecule has 1 aliphatic rings. The Morgan fingerprint density at radius 2 is 1.96 bits per heavy atom. The first kappa shape index (κ1) is 20.2. The van der Waals surface area contributed by atoms with Gasteiger partial charge in [-0.2, -0.15) is 0 Å². The van der Waals surface area contributed by atoms with E-state index in [0.717, 1.165) is 5.56 Å². The molecular weight excluding hydrogens is 354 g/mol. The van der Waals surface area contributed by atoms with Crippen LogP contribution in [0.25, 0.3) is 6.08 Å². The van der Waals surface area contributed by atoms with Gasteiger partial charge >= 0.3 is 5.97 Å². The maximum Gasteiger partial charge on any atom is 0.331 e. The summed E-state index contributed by atoms with van der Waals surface area (Å²) in [6.45, 7) is 3.97. The van der Waals surface area contributed by atoms with Gasteiger partial charge in [0.25, 0.3) is 5.91 Å². The molecule has 1 saturated heterocycles. The smallest absolute Gasteiger partial charge is 0.331 e. The van der Waals surface area contributed by atoms with E-state index in [-0.39, 0.29) is 36.0 Å². The molecule has 1 aromatic rings. The van der Waals surface area contributed by atoms with E-state index in [1.165, 1.54) is 6.08 Å². The summed E-state index contributed by atoms with van der Waals surface area (Å²) in [6, 6.07) is 8.94. The third-order valence-electron chi connectivity index (χ3n) is 4.08. The lowest BCUT2D eigenvalue weighted by atomic mass is 10.1. The number of amides is 1. The Morgan fingerprint density at radius 1 is 1.27 bits per heavy atom. The van der Waals surface area contributed by atoms with Gasteiger partial charge in [-0.1, -0.05) is 44.2 Å². The first-order valence-corrected chi connectivity index (χ1v) is 10.5. The van der Waals surface area contributed by atoms with E-state index in [0.29, 0.717) is 13.0 Å². The maximum absolute atomic E-state index is 12.5. The highest BCUT2D eigenvalue weighted by Crippen LogP contribution is 2.19. The molecule has 0 aliphatic carbocycles. The summed E-state index contributed by atoms with van der Waals surface area (Å²) < 4.78 is 28.4. The second-order valence-electron chi connectivity index (χ2n) is 6.85. The van der Waals surface area contributed by atoms with Crippen molar-refractivity contribution < 1.29 is 22.7 Å². The third-order valence-corrected chi connectivity index (χ3v) is 5.83. The lowest BCUT2D eigenvalue weighted by Crippen LogP contribution is -2.45. The zero-order chi connectivity index (χ0) is 19.2. The number of sulfone groups is 1. The first-order chi connectivity index (χ1) is 12.3. The van der Waals surface area contributed by atoms with E-state index in [2.05, 4.69) is 0 Å². The summed E-state index contributed by atoms with van der Waals surface area (Å²) >= 11 is 0. The SMILES string of the molecule is CC(C)CN(C(=O)COC(=O)/C=C/c1ccccc1)[C@H]1CCS(=O)(=O)C1. The van der Waals surface area contributed by atoms with E-state index in [9.17, 15) is 18.0 Å². The molecule has 0 bridgehead atoms. The van der Waals surface area contributed by atoms with Crippen molar-refractivity contribution in [1.29, 1.82) is 0 Å². The van der Waals surface area contributed by atoms with Crippen LogP contribution < -0.4 is 0 Å². The van der Waals surface area contributed by atoms with E-state index in [1.807, 2.05) is 44.2 Å². The molecule has 0 saturated carbocycles. The number of ether oxygens (including phenoxy) is 1. The molecule has 0 spiro atoms. The molecule has 1 aliphatic heterocycles. The Morgan fingerprint density at radius 3 is 2.54 bits per heavy atom. The molecule has 0 N–H and O–H groups in total. The number of hydrogen-bond donors (Lipinski definition) is 0. The fraction of sp³-hybridized carbons (Fsp3) is 0.474. The molecule has 2 rings (SSSR count). The molecule has 0 aromatic heterocycles. The number of carbonyl (C=O) groups excluding carboxylic acids is 2. The van der Waals surface area contributed by atoms with E-state index < -0.39 is 15.8 Å². The molecule has 0 radical (unpaired) electrons. The van der Waals surface area contributed by atoms with Gasteiger partial charge in [0.15, 0.2) is 16.4 Å². The monoisotopic (exact) mass is 379 g/mol. The minimum absolute atomic E-state index is 0.0205. The number of hydrogen-bond acceptors (Lipinski definition) is 5. The molecule has 0 unspecified atom stereocenters. The standard InChI is InChI=1S/C19H25NO5S/c1-15(2)12-20(17-10-11-26(23,24)14-17)18(21)13-25-19(22)9-8-16-6-4-3-5-7-16/h3-9,15,17H,10-14H2,1-2H3/b9-8+/t17-/m0/s1. The Labute approximate surface area is 154 Å². The van der Waals surface area contributed by atoms with Gasteiger partial charge < -0.3 is 9.64 Å². The van der Waals surface area contributed by atoms with Gasteiger partial charge in [0, 0.05) is 18.7 Å². The highest BCUT2D eigenvalue weighted by Gasteiger charge is 2.35. The predicted octanol–water partition coefficient (Wildman–Crippen LogP) is 1.91. The Hall–Kier alpha value is -2.15. The van der Waals surface area contributed by atoms with Crippen molar-refractivity contribution in [3.05, 3.63) is 42.0 Å². The average molecular weight is 379 g/mol. The van der Waals surface area contributed by atoms with E-state index in [1.54, 1.807) is 11.0 Å². The van der Waals surface area contributed by atoms with Crippen molar-refractivity contribution in [3.63, 3.8) is 0 Å². The topological polar surface area (TPSA) is 80.8 Å². The highest BCUT2D eigenvalue weighted by atomic mass is 32.2. The van der Waals surface area contributed by atoms with Crippen LogP contribution in [0, 0.1) is 5.92 Å². The summed E-state index contributed by atoms with van der Waals surface area (Å²) in [6.07, 6.45) is 3.32. The van der Waals surface area contributed by atoms with Crippen molar-refractivity contribution in [2.24, 2.45) is 5.92 Å². The molecule has 7 heteroatoms. The van der Waals surface area contributed by atoms with Crippen molar-refractivity contribution in [1.82, 2.24) is 4.90 Å². The quantitative estimate of drug-likeness (QED) is 0.534. The van der Waals surface area contributed by atoms with Crippen LogP contribution in [0.2, 0.25) is 0 Å². The summed E-state index contributed by atoms with van der Waals surface area (Å²) in [5, 5.41) is 0. The van der Waals surface area contributed by atoms with Crippen LogP contribution in [0.5, 0.6) is 0 Å². The molecule has 1 amide bonds. The number of esters is 1.